The lowest BCUT2D eigenvalue weighted by atomic mass is 9.83. The predicted molar refractivity (Wildman–Crippen MR) is 99.3 cm³/mol. The van der Waals surface area contributed by atoms with E-state index in [1.165, 1.54) is 11.3 Å². The van der Waals surface area contributed by atoms with Gasteiger partial charge in [0, 0.05) is 11.1 Å². The number of carbonyl (C=O) groups is 1. The second kappa shape index (κ2) is 7.95. The molecule has 23 heavy (non-hydrogen) atoms. The molecule has 1 heterocycles. The molecule has 0 radical (unpaired) electrons. The number of hydrogen-bond acceptors (Lipinski definition) is 4. The standard InChI is InChI=1S/C16H17ClO2S.C2H7N/c1-9-7-10(8-11(13(9)18)16(2,3)4)14(19)15-12(17)5-6-20-15;1-3-2/h5-8,18H,1-4H3;3H,1-2H3. The second-order valence-electron chi connectivity index (χ2n) is 6.37. The molecule has 2 rings (SSSR count). The summed E-state index contributed by atoms with van der Waals surface area (Å²) in [6.07, 6.45) is 0. The molecule has 0 aliphatic carbocycles. The summed E-state index contributed by atoms with van der Waals surface area (Å²) in [4.78, 5) is 13.1. The van der Waals surface area contributed by atoms with Gasteiger partial charge in [-0.2, -0.15) is 0 Å². The van der Waals surface area contributed by atoms with E-state index in [-0.39, 0.29) is 16.9 Å². The van der Waals surface area contributed by atoms with E-state index >= 15 is 0 Å². The maximum atomic E-state index is 12.5. The summed E-state index contributed by atoms with van der Waals surface area (Å²) in [6.45, 7) is 7.83. The highest BCUT2D eigenvalue weighted by Gasteiger charge is 2.23. The van der Waals surface area contributed by atoms with Gasteiger partial charge < -0.3 is 10.4 Å². The van der Waals surface area contributed by atoms with Crippen LogP contribution in [0.5, 0.6) is 5.75 Å². The zero-order chi connectivity index (χ0) is 17.8. The Morgan fingerprint density at radius 3 is 2.26 bits per heavy atom. The molecule has 0 saturated carbocycles. The average molecular weight is 354 g/mol. The molecule has 1 aromatic heterocycles. The number of phenolic OH excluding ortho intramolecular Hbond substituents is 1. The summed E-state index contributed by atoms with van der Waals surface area (Å²) in [5.74, 6) is 0.157. The van der Waals surface area contributed by atoms with Crippen molar-refractivity contribution in [3.63, 3.8) is 0 Å². The van der Waals surface area contributed by atoms with E-state index in [0.717, 1.165) is 5.56 Å². The third-order valence-corrected chi connectivity index (χ3v) is 4.53. The quantitative estimate of drug-likeness (QED) is 0.764. The predicted octanol–water partition coefficient (Wildman–Crippen LogP) is 4.78. The Bertz CT molecular complexity index is 687. The number of aromatic hydroxyl groups is 1. The van der Waals surface area contributed by atoms with Gasteiger partial charge in [0.15, 0.2) is 0 Å². The van der Waals surface area contributed by atoms with Gasteiger partial charge in [0.1, 0.15) is 5.75 Å². The van der Waals surface area contributed by atoms with Crippen molar-refractivity contribution in [3.05, 3.63) is 50.2 Å². The van der Waals surface area contributed by atoms with Gasteiger partial charge in [0.05, 0.1) is 9.90 Å². The Hall–Kier alpha value is -1.36. The molecule has 2 aromatic rings. The molecular weight excluding hydrogens is 330 g/mol. The van der Waals surface area contributed by atoms with Gasteiger partial charge in [-0.1, -0.05) is 32.4 Å². The monoisotopic (exact) mass is 353 g/mol. The van der Waals surface area contributed by atoms with Crippen LogP contribution < -0.4 is 5.32 Å². The van der Waals surface area contributed by atoms with Crippen molar-refractivity contribution >= 4 is 28.7 Å². The third-order valence-electron chi connectivity index (χ3n) is 3.19. The molecule has 0 fully saturated rings. The largest absolute Gasteiger partial charge is 0.507 e. The van der Waals surface area contributed by atoms with Gasteiger partial charge in [-0.3, -0.25) is 4.79 Å². The zero-order valence-electron chi connectivity index (χ0n) is 14.5. The van der Waals surface area contributed by atoms with E-state index in [4.69, 9.17) is 11.6 Å². The number of ketones is 1. The number of hydrogen-bond donors (Lipinski definition) is 2. The molecule has 3 nitrogen and oxygen atoms in total. The number of aryl methyl sites for hydroxylation is 1. The van der Waals surface area contributed by atoms with Gasteiger partial charge in [-0.25, -0.2) is 0 Å². The normalized spacial score (nSPS) is 10.9. The summed E-state index contributed by atoms with van der Waals surface area (Å²) in [6, 6.07) is 5.20. The van der Waals surface area contributed by atoms with E-state index in [2.05, 4.69) is 5.32 Å². The molecule has 0 amide bonds. The van der Waals surface area contributed by atoms with Gasteiger partial charge in [0.2, 0.25) is 5.78 Å². The van der Waals surface area contributed by atoms with Crippen LogP contribution in [0.3, 0.4) is 0 Å². The molecule has 5 heteroatoms. The van der Waals surface area contributed by atoms with E-state index in [9.17, 15) is 9.90 Å². The smallest absolute Gasteiger partial charge is 0.204 e. The number of benzene rings is 1. The van der Waals surface area contributed by atoms with Crippen molar-refractivity contribution < 1.29 is 9.90 Å². The van der Waals surface area contributed by atoms with Crippen molar-refractivity contribution in [1.82, 2.24) is 5.32 Å². The molecule has 2 N–H and O–H groups in total. The van der Waals surface area contributed by atoms with Crippen LogP contribution >= 0.6 is 22.9 Å². The van der Waals surface area contributed by atoms with Crippen LogP contribution in [-0.2, 0) is 5.41 Å². The van der Waals surface area contributed by atoms with Crippen LogP contribution in [-0.4, -0.2) is 25.0 Å². The first-order chi connectivity index (χ1) is 10.6. The Morgan fingerprint density at radius 1 is 1.26 bits per heavy atom. The van der Waals surface area contributed by atoms with Crippen LogP contribution in [0, 0.1) is 6.92 Å². The summed E-state index contributed by atoms with van der Waals surface area (Å²) in [5, 5.41) is 15.2. The molecular formula is C18H24ClNO2S. The number of rotatable bonds is 2. The minimum absolute atomic E-state index is 0.0985. The van der Waals surface area contributed by atoms with Gasteiger partial charge in [-0.05, 0) is 55.6 Å². The lowest BCUT2D eigenvalue weighted by Gasteiger charge is -2.22. The van der Waals surface area contributed by atoms with Gasteiger partial charge in [0.25, 0.3) is 0 Å². The maximum Gasteiger partial charge on any atom is 0.204 e. The van der Waals surface area contributed by atoms with Crippen LogP contribution in [0.2, 0.25) is 5.02 Å². The maximum absolute atomic E-state index is 12.5. The number of carbonyl (C=O) groups excluding carboxylic acids is 1. The molecule has 0 spiro atoms. The Morgan fingerprint density at radius 2 is 1.83 bits per heavy atom. The second-order valence-corrected chi connectivity index (χ2v) is 7.69. The Balaban J connectivity index is 0.000000816. The van der Waals surface area contributed by atoms with E-state index in [1.54, 1.807) is 30.5 Å². The molecule has 0 unspecified atom stereocenters. The van der Waals surface area contributed by atoms with Crippen LogP contribution in [0.4, 0.5) is 0 Å². The molecule has 126 valence electrons. The molecule has 0 aliphatic rings. The average Bonchev–Trinajstić information content (AvgIpc) is 2.86. The molecule has 0 saturated heterocycles. The third kappa shape index (κ3) is 4.80. The number of halogens is 1. The molecule has 0 aliphatic heterocycles. The lowest BCUT2D eigenvalue weighted by molar-refractivity contribution is 0.104. The molecule has 0 atom stereocenters. The SMILES string of the molecule is CNC.Cc1cc(C(=O)c2sccc2Cl)cc(C(C)(C)C)c1O. The highest BCUT2D eigenvalue weighted by molar-refractivity contribution is 7.13. The Kier molecular flexibility index (Phi) is 6.81. The summed E-state index contributed by atoms with van der Waals surface area (Å²) >= 11 is 7.36. The first kappa shape index (κ1) is 19.7. The number of phenols is 1. The highest BCUT2D eigenvalue weighted by Crippen LogP contribution is 2.35. The van der Waals surface area contributed by atoms with Gasteiger partial charge >= 0.3 is 0 Å². The molecule has 0 bridgehead atoms. The minimum atomic E-state index is -0.232. The van der Waals surface area contributed by atoms with E-state index in [0.29, 0.717) is 21.0 Å². The van der Waals surface area contributed by atoms with Crippen molar-refractivity contribution in [1.29, 1.82) is 0 Å². The van der Waals surface area contributed by atoms with Crippen LogP contribution in [0.25, 0.3) is 0 Å². The summed E-state index contributed by atoms with van der Waals surface area (Å²) in [5.41, 5.74) is 1.81. The number of nitrogens with one attached hydrogen (secondary N) is 1. The van der Waals surface area contributed by atoms with Crippen molar-refractivity contribution in [3.8, 4) is 5.75 Å². The van der Waals surface area contributed by atoms with Crippen molar-refractivity contribution in [2.45, 2.75) is 33.1 Å². The number of thiophene rings is 1. The van der Waals surface area contributed by atoms with Crippen molar-refractivity contribution in [2.24, 2.45) is 0 Å². The summed E-state index contributed by atoms with van der Waals surface area (Å²) in [7, 11) is 3.75. The fourth-order valence-corrected chi connectivity index (χ4v) is 3.17. The van der Waals surface area contributed by atoms with Crippen LogP contribution in [0.15, 0.2) is 23.6 Å². The molecule has 1 aromatic carbocycles. The highest BCUT2D eigenvalue weighted by atomic mass is 35.5. The minimum Gasteiger partial charge on any atom is -0.507 e. The van der Waals surface area contributed by atoms with Gasteiger partial charge in [-0.15, -0.1) is 11.3 Å². The van der Waals surface area contributed by atoms with E-state index < -0.39 is 0 Å². The first-order valence-electron chi connectivity index (χ1n) is 7.33. The first-order valence-corrected chi connectivity index (χ1v) is 8.59. The fourth-order valence-electron chi connectivity index (χ4n) is 2.07. The summed E-state index contributed by atoms with van der Waals surface area (Å²) < 4.78 is 0. The lowest BCUT2D eigenvalue weighted by Crippen LogP contribution is -2.13. The van der Waals surface area contributed by atoms with E-state index in [1.807, 2.05) is 34.9 Å². The van der Waals surface area contributed by atoms with Crippen LogP contribution in [0.1, 0.15) is 47.1 Å². The Labute approximate surface area is 147 Å². The zero-order valence-corrected chi connectivity index (χ0v) is 16.0. The van der Waals surface area contributed by atoms with Crippen molar-refractivity contribution in [2.75, 3.05) is 14.1 Å². The topological polar surface area (TPSA) is 49.3 Å². The fraction of sp³-hybridized carbons (Fsp3) is 0.389.